The van der Waals surface area contributed by atoms with Gasteiger partial charge in [-0.2, -0.15) is 0 Å². The fraction of sp³-hybridized carbons (Fsp3) is 0.429. The predicted molar refractivity (Wildman–Crippen MR) is 85.9 cm³/mol. The van der Waals surface area contributed by atoms with E-state index in [4.69, 9.17) is 4.74 Å². The van der Waals surface area contributed by atoms with E-state index in [1.807, 2.05) is 6.92 Å². The van der Waals surface area contributed by atoms with Crippen LogP contribution in [0.15, 0.2) is 5.38 Å². The normalized spacial score (nSPS) is 12.0. The summed E-state index contributed by atoms with van der Waals surface area (Å²) in [5, 5.41) is 11.8. The molecule has 2 rings (SSSR count). The van der Waals surface area contributed by atoms with Crippen LogP contribution in [-0.4, -0.2) is 47.8 Å². The number of methoxy groups -OCH3 is 2. The lowest BCUT2D eigenvalue weighted by Gasteiger charge is -2.05. The number of thiazole rings is 2. The van der Waals surface area contributed by atoms with Crippen molar-refractivity contribution in [2.75, 3.05) is 20.8 Å². The first-order valence-corrected chi connectivity index (χ1v) is 8.42. The summed E-state index contributed by atoms with van der Waals surface area (Å²) in [4.78, 5) is 32.5. The number of carbonyl (C=O) groups is 2. The second kappa shape index (κ2) is 7.62. The minimum absolute atomic E-state index is 0.00590. The molecule has 1 unspecified atom stereocenters. The molecule has 1 atom stereocenters. The van der Waals surface area contributed by atoms with Crippen LogP contribution in [0.3, 0.4) is 0 Å². The zero-order valence-corrected chi connectivity index (χ0v) is 14.5. The standard InChI is InChI=1S/C14H16N2O5S2/c1-7(5-17)4-9-10(14(19)21-3)16-12(23-9)11-15-8(6-22-11)13(18)20-2/h6-7,17H,4-5H2,1-3H3. The van der Waals surface area contributed by atoms with Gasteiger partial charge in [-0.05, 0) is 12.3 Å². The summed E-state index contributed by atoms with van der Waals surface area (Å²) in [5.74, 6) is -1.06. The Kier molecular flexibility index (Phi) is 5.80. The molecule has 2 aromatic heterocycles. The average Bonchev–Trinajstić information content (AvgIpc) is 3.20. The quantitative estimate of drug-likeness (QED) is 0.790. The minimum atomic E-state index is -0.530. The van der Waals surface area contributed by atoms with Gasteiger partial charge in [0.05, 0.1) is 14.2 Å². The molecule has 7 nitrogen and oxygen atoms in total. The van der Waals surface area contributed by atoms with Crippen molar-refractivity contribution in [2.45, 2.75) is 13.3 Å². The molecule has 9 heteroatoms. The molecule has 0 aliphatic rings. The maximum Gasteiger partial charge on any atom is 0.357 e. The summed E-state index contributed by atoms with van der Waals surface area (Å²) < 4.78 is 9.38. The molecule has 0 bridgehead atoms. The first kappa shape index (κ1) is 17.5. The molecule has 0 aromatic carbocycles. The van der Waals surface area contributed by atoms with Gasteiger partial charge in [0.25, 0.3) is 0 Å². The zero-order valence-electron chi connectivity index (χ0n) is 12.9. The lowest BCUT2D eigenvalue weighted by molar-refractivity contribution is 0.0585. The number of esters is 2. The Bertz CT molecular complexity index is 710. The van der Waals surface area contributed by atoms with Gasteiger partial charge in [-0.25, -0.2) is 19.6 Å². The molecule has 0 amide bonds. The summed E-state index contributed by atoms with van der Waals surface area (Å²) in [7, 11) is 2.58. The van der Waals surface area contributed by atoms with Crippen molar-refractivity contribution in [3.8, 4) is 10.0 Å². The Hall–Kier alpha value is -1.84. The van der Waals surface area contributed by atoms with Crippen molar-refractivity contribution < 1.29 is 24.2 Å². The molecule has 0 saturated carbocycles. The van der Waals surface area contributed by atoms with Gasteiger partial charge >= 0.3 is 11.9 Å². The van der Waals surface area contributed by atoms with Crippen LogP contribution in [0.1, 0.15) is 32.8 Å². The molecule has 0 fully saturated rings. The van der Waals surface area contributed by atoms with Crippen molar-refractivity contribution in [3.05, 3.63) is 21.6 Å². The Morgan fingerprint density at radius 2 is 1.91 bits per heavy atom. The molecule has 23 heavy (non-hydrogen) atoms. The molecule has 0 aliphatic carbocycles. The summed E-state index contributed by atoms with van der Waals surface area (Å²) in [5.41, 5.74) is 0.426. The van der Waals surface area contributed by atoms with Crippen LogP contribution in [0.5, 0.6) is 0 Å². The molecule has 0 saturated heterocycles. The van der Waals surface area contributed by atoms with Crippen LogP contribution in [0.2, 0.25) is 0 Å². The number of aliphatic hydroxyl groups excluding tert-OH is 1. The van der Waals surface area contributed by atoms with Gasteiger partial charge in [0.2, 0.25) is 0 Å². The van der Waals surface area contributed by atoms with Gasteiger partial charge in [-0.1, -0.05) is 6.92 Å². The van der Waals surface area contributed by atoms with Gasteiger partial charge in [0.1, 0.15) is 0 Å². The molecule has 0 radical (unpaired) electrons. The number of aromatic nitrogens is 2. The van der Waals surface area contributed by atoms with Crippen LogP contribution in [0, 0.1) is 5.92 Å². The van der Waals surface area contributed by atoms with Crippen LogP contribution in [0.25, 0.3) is 10.0 Å². The third-order valence-corrected chi connectivity index (χ3v) is 5.07. The topological polar surface area (TPSA) is 98.6 Å². The van der Waals surface area contributed by atoms with Crippen molar-refractivity contribution in [1.82, 2.24) is 9.97 Å². The molecular formula is C14H16N2O5S2. The molecule has 0 aliphatic heterocycles. The highest BCUT2D eigenvalue weighted by atomic mass is 32.1. The zero-order chi connectivity index (χ0) is 17.0. The molecule has 124 valence electrons. The second-order valence-corrected chi connectivity index (χ2v) is 6.75. The molecular weight excluding hydrogens is 340 g/mol. The molecule has 0 spiro atoms. The Morgan fingerprint density at radius 1 is 1.22 bits per heavy atom. The number of rotatable bonds is 6. The van der Waals surface area contributed by atoms with E-state index in [1.54, 1.807) is 5.38 Å². The number of nitrogens with zero attached hydrogens (tertiary/aromatic N) is 2. The maximum atomic E-state index is 11.9. The van der Waals surface area contributed by atoms with Crippen molar-refractivity contribution >= 4 is 34.6 Å². The SMILES string of the molecule is COC(=O)c1csc(-c2nc(C(=O)OC)c(CC(C)CO)s2)n1. The first-order chi connectivity index (χ1) is 11.0. The summed E-state index contributed by atoms with van der Waals surface area (Å²) in [6, 6.07) is 0. The average molecular weight is 356 g/mol. The summed E-state index contributed by atoms with van der Waals surface area (Å²) in [6.45, 7) is 1.89. The van der Waals surface area contributed by atoms with E-state index < -0.39 is 11.9 Å². The van der Waals surface area contributed by atoms with Gasteiger partial charge in [-0.15, -0.1) is 22.7 Å². The van der Waals surface area contributed by atoms with E-state index >= 15 is 0 Å². The predicted octanol–water partition coefficient (Wildman–Crippen LogP) is 2.01. The van der Waals surface area contributed by atoms with Crippen molar-refractivity contribution in [1.29, 1.82) is 0 Å². The Labute approximate surface area is 140 Å². The summed E-state index contributed by atoms with van der Waals surface area (Å²) >= 11 is 2.55. The Balaban J connectivity index is 2.37. The van der Waals surface area contributed by atoms with Gasteiger partial charge in [0.15, 0.2) is 21.4 Å². The molecule has 2 aromatic rings. The largest absolute Gasteiger partial charge is 0.464 e. The van der Waals surface area contributed by atoms with E-state index in [0.717, 1.165) is 4.88 Å². The number of aliphatic hydroxyl groups is 1. The van der Waals surface area contributed by atoms with Crippen LogP contribution < -0.4 is 0 Å². The number of ether oxygens (including phenoxy) is 2. The lowest BCUT2D eigenvalue weighted by Crippen LogP contribution is -2.09. The molecule has 2 heterocycles. The van der Waals surface area contributed by atoms with Gasteiger partial charge in [-0.3, -0.25) is 0 Å². The summed E-state index contributed by atoms with van der Waals surface area (Å²) in [6.07, 6.45) is 0.508. The second-order valence-electron chi connectivity index (χ2n) is 4.80. The van der Waals surface area contributed by atoms with Crippen LogP contribution >= 0.6 is 22.7 Å². The van der Waals surface area contributed by atoms with Gasteiger partial charge in [0, 0.05) is 16.9 Å². The monoisotopic (exact) mass is 356 g/mol. The minimum Gasteiger partial charge on any atom is -0.464 e. The van der Waals surface area contributed by atoms with Crippen LogP contribution in [-0.2, 0) is 15.9 Å². The third-order valence-electron chi connectivity index (χ3n) is 3.00. The number of hydrogen-bond acceptors (Lipinski definition) is 9. The van der Waals surface area contributed by atoms with Crippen molar-refractivity contribution in [2.24, 2.45) is 5.92 Å². The third kappa shape index (κ3) is 3.92. The van der Waals surface area contributed by atoms with Gasteiger partial charge < -0.3 is 14.6 Å². The highest BCUT2D eigenvalue weighted by molar-refractivity contribution is 7.21. The first-order valence-electron chi connectivity index (χ1n) is 6.73. The van der Waals surface area contributed by atoms with Crippen LogP contribution in [0.4, 0.5) is 0 Å². The smallest absolute Gasteiger partial charge is 0.357 e. The van der Waals surface area contributed by atoms with E-state index in [2.05, 4.69) is 14.7 Å². The highest BCUT2D eigenvalue weighted by Gasteiger charge is 2.23. The van der Waals surface area contributed by atoms with Crippen molar-refractivity contribution in [3.63, 3.8) is 0 Å². The fourth-order valence-electron chi connectivity index (χ4n) is 1.79. The fourth-order valence-corrected chi connectivity index (χ4v) is 3.82. The Morgan fingerprint density at radius 3 is 2.52 bits per heavy atom. The van der Waals surface area contributed by atoms with E-state index in [-0.39, 0.29) is 23.9 Å². The number of hydrogen-bond donors (Lipinski definition) is 1. The van der Waals surface area contributed by atoms with E-state index in [1.165, 1.54) is 36.9 Å². The maximum absolute atomic E-state index is 11.9. The number of carbonyl (C=O) groups excluding carboxylic acids is 2. The molecule has 1 N–H and O–H groups in total. The van der Waals surface area contributed by atoms with E-state index in [0.29, 0.717) is 16.4 Å². The van der Waals surface area contributed by atoms with E-state index in [9.17, 15) is 14.7 Å². The highest BCUT2D eigenvalue weighted by Crippen LogP contribution is 2.32. The lowest BCUT2D eigenvalue weighted by atomic mass is 10.1.